The maximum Gasteiger partial charge on any atom is 0.269 e. The van der Waals surface area contributed by atoms with Gasteiger partial charge in [-0.2, -0.15) is 9.40 Å². The van der Waals surface area contributed by atoms with Crippen LogP contribution in [0.15, 0.2) is 54.6 Å². The molecule has 0 saturated heterocycles. The summed E-state index contributed by atoms with van der Waals surface area (Å²) in [6.07, 6.45) is 0.634. The minimum Gasteiger partial charge on any atom is -0.497 e. The molecule has 0 bridgehead atoms. The third-order valence-corrected chi connectivity index (χ3v) is 7.43. The summed E-state index contributed by atoms with van der Waals surface area (Å²) in [5.74, 6) is 0.259. The molecule has 2 heterocycles. The van der Waals surface area contributed by atoms with E-state index < -0.39 is 10.0 Å². The second-order valence-electron chi connectivity index (χ2n) is 7.69. The first-order valence-corrected chi connectivity index (χ1v) is 12.0. The first-order valence-electron chi connectivity index (χ1n) is 10.4. The Bertz CT molecular complexity index is 1220. The predicted octanol–water partition coefficient (Wildman–Crippen LogP) is 2.21. The lowest BCUT2D eigenvalue weighted by Gasteiger charge is -2.28. The zero-order valence-electron chi connectivity index (χ0n) is 18.1. The van der Waals surface area contributed by atoms with Crippen LogP contribution in [0.3, 0.4) is 0 Å². The molecule has 8 nitrogen and oxygen atoms in total. The van der Waals surface area contributed by atoms with E-state index in [4.69, 9.17) is 4.74 Å². The average Bonchev–Trinajstić information content (AvgIpc) is 3.20. The van der Waals surface area contributed by atoms with Gasteiger partial charge in [-0.05, 0) is 35.7 Å². The third kappa shape index (κ3) is 4.68. The van der Waals surface area contributed by atoms with Crippen LogP contribution in [0, 0.1) is 0 Å². The van der Waals surface area contributed by atoms with Crippen molar-refractivity contribution in [2.75, 3.05) is 26.0 Å². The van der Waals surface area contributed by atoms with Gasteiger partial charge < -0.3 is 10.1 Å². The highest BCUT2D eigenvalue weighted by atomic mass is 32.2. The minimum atomic E-state index is -3.50. The van der Waals surface area contributed by atoms with E-state index in [-0.39, 0.29) is 18.2 Å². The molecule has 1 aliphatic heterocycles. The molecule has 1 aliphatic rings. The van der Waals surface area contributed by atoms with Gasteiger partial charge in [0.05, 0.1) is 18.6 Å². The highest BCUT2D eigenvalue weighted by molar-refractivity contribution is 7.89. The van der Waals surface area contributed by atoms with Crippen LogP contribution in [-0.4, -0.2) is 54.4 Å². The lowest BCUT2D eigenvalue weighted by atomic mass is 10.0. The molecule has 168 valence electrons. The van der Waals surface area contributed by atoms with Crippen molar-refractivity contribution in [3.63, 3.8) is 0 Å². The van der Waals surface area contributed by atoms with Crippen LogP contribution in [-0.2, 0) is 30.0 Å². The second kappa shape index (κ2) is 9.13. The van der Waals surface area contributed by atoms with E-state index in [0.29, 0.717) is 30.9 Å². The largest absolute Gasteiger partial charge is 0.497 e. The Kier molecular flexibility index (Phi) is 6.29. The molecular formula is C23H26N4O4S. The van der Waals surface area contributed by atoms with Gasteiger partial charge >= 0.3 is 0 Å². The average molecular weight is 455 g/mol. The maximum atomic E-state index is 12.8. The molecule has 1 aromatic heterocycles. The van der Waals surface area contributed by atoms with Crippen LogP contribution in [0.4, 0.5) is 0 Å². The van der Waals surface area contributed by atoms with E-state index in [9.17, 15) is 13.2 Å². The number of fused-ring (bicyclic) bond motifs is 1. The molecule has 0 fully saturated rings. The summed E-state index contributed by atoms with van der Waals surface area (Å²) >= 11 is 0. The Morgan fingerprint density at radius 2 is 1.91 bits per heavy atom. The molecular weight excluding hydrogens is 428 g/mol. The van der Waals surface area contributed by atoms with Crippen molar-refractivity contribution < 1.29 is 17.9 Å². The smallest absolute Gasteiger partial charge is 0.269 e. The number of methoxy groups -OCH3 is 1. The molecule has 0 unspecified atom stereocenters. The summed E-state index contributed by atoms with van der Waals surface area (Å²) in [4.78, 5) is 12.6. The van der Waals surface area contributed by atoms with Gasteiger partial charge in [-0.25, -0.2) is 8.42 Å². The lowest BCUT2D eigenvalue weighted by Crippen LogP contribution is -2.40. The van der Waals surface area contributed by atoms with Crippen molar-refractivity contribution in [2.24, 2.45) is 7.05 Å². The number of rotatable bonds is 7. The van der Waals surface area contributed by atoms with Gasteiger partial charge in [0.1, 0.15) is 11.4 Å². The number of hydrogen-bond donors (Lipinski definition) is 1. The number of carbonyl (C=O) groups is 1. The number of benzene rings is 2. The van der Waals surface area contributed by atoms with E-state index in [1.54, 1.807) is 20.2 Å². The number of carbonyl (C=O) groups excluding carboxylic acids is 1. The Labute approximate surface area is 187 Å². The summed E-state index contributed by atoms with van der Waals surface area (Å²) in [5, 5.41) is 7.10. The number of ether oxygens (including phenoxy) is 1. The quantitative estimate of drug-likeness (QED) is 0.591. The Morgan fingerprint density at radius 1 is 1.12 bits per heavy atom. The fraction of sp³-hybridized carbons (Fsp3) is 0.304. The molecule has 0 radical (unpaired) electrons. The monoisotopic (exact) mass is 454 g/mol. The molecule has 4 rings (SSSR count). The molecule has 3 aromatic rings. The van der Waals surface area contributed by atoms with Gasteiger partial charge in [-0.3, -0.25) is 9.48 Å². The fourth-order valence-corrected chi connectivity index (χ4v) is 5.13. The van der Waals surface area contributed by atoms with Gasteiger partial charge in [0.25, 0.3) is 5.91 Å². The third-order valence-electron chi connectivity index (χ3n) is 5.61. The van der Waals surface area contributed by atoms with E-state index in [0.717, 1.165) is 22.4 Å². The summed E-state index contributed by atoms with van der Waals surface area (Å²) in [6, 6.07) is 17.0. The standard InChI is InChI=1S/C23H26N4O4S/c1-26-22(15-21(25-26)17-6-4-3-5-7-17)23(28)24-11-13-32(29,30)27-12-10-18-14-20(31-2)9-8-19(18)16-27/h3-9,14-15H,10-13,16H2,1-2H3,(H,24,28). The van der Waals surface area contributed by atoms with Gasteiger partial charge in [0.15, 0.2) is 0 Å². The Hall–Kier alpha value is -3.17. The van der Waals surface area contributed by atoms with Crippen molar-refractivity contribution in [1.82, 2.24) is 19.4 Å². The van der Waals surface area contributed by atoms with E-state index in [2.05, 4.69) is 10.4 Å². The fourth-order valence-electron chi connectivity index (χ4n) is 3.81. The van der Waals surface area contributed by atoms with Crippen LogP contribution >= 0.6 is 0 Å². The van der Waals surface area contributed by atoms with Crippen molar-refractivity contribution in [3.8, 4) is 17.0 Å². The number of nitrogens with zero attached hydrogens (tertiary/aromatic N) is 3. The molecule has 0 spiro atoms. The first kappa shape index (κ1) is 22.0. The summed E-state index contributed by atoms with van der Waals surface area (Å²) in [5.41, 5.74) is 4.06. The Morgan fingerprint density at radius 3 is 2.66 bits per heavy atom. The van der Waals surface area contributed by atoms with Gasteiger partial charge in [-0.15, -0.1) is 0 Å². The van der Waals surface area contributed by atoms with E-state index >= 15 is 0 Å². The van der Waals surface area contributed by atoms with E-state index in [1.165, 1.54) is 8.99 Å². The zero-order valence-corrected chi connectivity index (χ0v) is 18.9. The number of nitrogens with one attached hydrogen (secondary N) is 1. The number of aryl methyl sites for hydroxylation is 1. The maximum absolute atomic E-state index is 12.8. The second-order valence-corrected chi connectivity index (χ2v) is 9.78. The number of hydrogen-bond acceptors (Lipinski definition) is 5. The van der Waals surface area contributed by atoms with Crippen molar-refractivity contribution in [3.05, 3.63) is 71.4 Å². The SMILES string of the molecule is COc1ccc2c(c1)CCN(S(=O)(=O)CCNC(=O)c1cc(-c3ccccc3)nn1C)C2. The number of amides is 1. The number of sulfonamides is 1. The molecule has 0 atom stereocenters. The van der Waals surface area contributed by atoms with Gasteiger partial charge in [0.2, 0.25) is 10.0 Å². The molecule has 32 heavy (non-hydrogen) atoms. The van der Waals surface area contributed by atoms with Crippen LogP contribution < -0.4 is 10.1 Å². The van der Waals surface area contributed by atoms with Gasteiger partial charge in [-0.1, -0.05) is 36.4 Å². The predicted molar refractivity (Wildman–Crippen MR) is 122 cm³/mol. The molecule has 2 aromatic carbocycles. The molecule has 0 saturated carbocycles. The Balaban J connectivity index is 1.36. The first-order chi connectivity index (χ1) is 15.4. The van der Waals surface area contributed by atoms with Crippen LogP contribution in [0.2, 0.25) is 0 Å². The molecule has 0 aliphatic carbocycles. The topological polar surface area (TPSA) is 93.5 Å². The molecule has 1 N–H and O–H groups in total. The minimum absolute atomic E-state index is 0.0268. The van der Waals surface area contributed by atoms with Crippen LogP contribution in [0.5, 0.6) is 5.75 Å². The van der Waals surface area contributed by atoms with Crippen LogP contribution in [0.1, 0.15) is 21.6 Å². The van der Waals surface area contributed by atoms with E-state index in [1.807, 2.05) is 48.5 Å². The van der Waals surface area contributed by atoms with Crippen molar-refractivity contribution in [1.29, 1.82) is 0 Å². The van der Waals surface area contributed by atoms with Gasteiger partial charge in [0, 0.05) is 32.2 Å². The summed E-state index contributed by atoms with van der Waals surface area (Å²) in [7, 11) is -0.195. The van der Waals surface area contributed by atoms with Crippen molar-refractivity contribution >= 4 is 15.9 Å². The molecule has 9 heteroatoms. The highest BCUT2D eigenvalue weighted by Crippen LogP contribution is 2.25. The normalized spacial score (nSPS) is 14.1. The lowest BCUT2D eigenvalue weighted by molar-refractivity contribution is 0.0946. The molecule has 1 amide bonds. The number of aromatic nitrogens is 2. The van der Waals surface area contributed by atoms with Crippen LogP contribution in [0.25, 0.3) is 11.3 Å². The highest BCUT2D eigenvalue weighted by Gasteiger charge is 2.27. The van der Waals surface area contributed by atoms with Crippen molar-refractivity contribution in [2.45, 2.75) is 13.0 Å². The zero-order chi connectivity index (χ0) is 22.7. The summed E-state index contributed by atoms with van der Waals surface area (Å²) in [6.45, 7) is 0.773. The summed E-state index contributed by atoms with van der Waals surface area (Å²) < 4.78 is 33.9.